The fourth-order valence-electron chi connectivity index (χ4n) is 2.68. The van der Waals surface area contributed by atoms with E-state index in [2.05, 4.69) is 27.1 Å². The second-order valence-corrected chi connectivity index (χ2v) is 5.21. The van der Waals surface area contributed by atoms with Crippen LogP contribution < -0.4 is 0 Å². The van der Waals surface area contributed by atoms with E-state index in [0.717, 1.165) is 33.7 Å². The van der Waals surface area contributed by atoms with Crippen molar-refractivity contribution < 1.29 is 5.11 Å². The minimum absolute atomic E-state index is 0.0788. The summed E-state index contributed by atoms with van der Waals surface area (Å²) in [5, 5.41) is 10.8. The molecule has 0 aliphatic carbocycles. The lowest BCUT2D eigenvalue weighted by Crippen LogP contribution is -1.87. The Labute approximate surface area is 127 Å². The molecule has 2 aromatic carbocycles. The number of aromatic amines is 2. The van der Waals surface area contributed by atoms with Gasteiger partial charge in [0, 0.05) is 16.5 Å². The number of hydrogen-bond acceptors (Lipinski definition) is 2. The number of rotatable bonds is 3. The Morgan fingerprint density at radius 3 is 2.45 bits per heavy atom. The normalized spacial score (nSPS) is 11.1. The summed E-state index contributed by atoms with van der Waals surface area (Å²) in [5.74, 6) is 0.762. The van der Waals surface area contributed by atoms with Crippen LogP contribution in [0.3, 0.4) is 0 Å². The van der Waals surface area contributed by atoms with E-state index in [9.17, 15) is 5.11 Å². The van der Waals surface area contributed by atoms with Gasteiger partial charge in [0.15, 0.2) is 0 Å². The van der Waals surface area contributed by atoms with Crippen molar-refractivity contribution in [2.75, 3.05) is 0 Å². The van der Waals surface area contributed by atoms with E-state index in [1.807, 2.05) is 48.5 Å². The number of aliphatic hydroxyl groups is 1. The van der Waals surface area contributed by atoms with Crippen molar-refractivity contribution in [3.05, 3.63) is 66.4 Å². The van der Waals surface area contributed by atoms with Gasteiger partial charge in [0.25, 0.3) is 0 Å². The lowest BCUT2D eigenvalue weighted by molar-refractivity contribution is 0.278. The molecule has 0 radical (unpaired) electrons. The van der Waals surface area contributed by atoms with Crippen LogP contribution in [0, 0.1) is 0 Å². The maximum absolute atomic E-state index is 9.63. The van der Waals surface area contributed by atoms with Gasteiger partial charge in [0.05, 0.1) is 18.0 Å². The van der Waals surface area contributed by atoms with Crippen LogP contribution in [-0.2, 0) is 6.61 Å². The van der Waals surface area contributed by atoms with Crippen LogP contribution in [-0.4, -0.2) is 20.1 Å². The molecule has 0 spiro atoms. The Morgan fingerprint density at radius 1 is 0.909 bits per heavy atom. The summed E-state index contributed by atoms with van der Waals surface area (Å²) in [7, 11) is 0. The smallest absolute Gasteiger partial charge is 0.138 e. The Balaban J connectivity index is 1.85. The molecule has 0 aliphatic heterocycles. The molecule has 4 aromatic rings. The molecule has 0 saturated carbocycles. The van der Waals surface area contributed by atoms with E-state index < -0.39 is 0 Å². The van der Waals surface area contributed by atoms with Crippen molar-refractivity contribution in [1.29, 1.82) is 0 Å². The topological polar surface area (TPSA) is 64.7 Å². The lowest BCUT2D eigenvalue weighted by Gasteiger charge is -1.95. The first-order chi connectivity index (χ1) is 10.8. The van der Waals surface area contributed by atoms with Gasteiger partial charge in [0.1, 0.15) is 11.5 Å². The van der Waals surface area contributed by atoms with Gasteiger partial charge in [-0.05, 0) is 12.1 Å². The van der Waals surface area contributed by atoms with Gasteiger partial charge >= 0.3 is 0 Å². The zero-order valence-electron chi connectivity index (χ0n) is 11.9. The molecule has 0 unspecified atom stereocenters. The lowest BCUT2D eigenvalue weighted by atomic mass is 10.2. The van der Waals surface area contributed by atoms with Crippen molar-refractivity contribution in [3.8, 4) is 22.8 Å². The van der Waals surface area contributed by atoms with Crippen LogP contribution >= 0.6 is 0 Å². The van der Waals surface area contributed by atoms with Gasteiger partial charge in [-0.25, -0.2) is 4.98 Å². The monoisotopic (exact) mass is 289 g/mol. The molecule has 2 heterocycles. The first kappa shape index (κ1) is 12.9. The predicted octanol–water partition coefficient (Wildman–Crippen LogP) is 3.72. The highest BCUT2D eigenvalue weighted by molar-refractivity contribution is 5.85. The first-order valence-electron chi connectivity index (χ1n) is 7.18. The molecule has 2 aromatic heterocycles. The highest BCUT2D eigenvalue weighted by Gasteiger charge is 2.14. The average molecular weight is 289 g/mol. The largest absolute Gasteiger partial charge is 0.390 e. The average Bonchev–Trinajstić information content (AvgIpc) is 3.19. The summed E-state index contributed by atoms with van der Waals surface area (Å²) in [6, 6.07) is 20.0. The van der Waals surface area contributed by atoms with E-state index in [1.165, 1.54) is 0 Å². The van der Waals surface area contributed by atoms with E-state index in [1.54, 1.807) is 0 Å². The third-order valence-electron chi connectivity index (χ3n) is 3.77. The quantitative estimate of drug-likeness (QED) is 0.538. The summed E-state index contributed by atoms with van der Waals surface area (Å²) in [5.41, 5.74) is 4.44. The van der Waals surface area contributed by atoms with E-state index in [0.29, 0.717) is 5.69 Å². The van der Waals surface area contributed by atoms with Crippen molar-refractivity contribution in [2.45, 2.75) is 6.61 Å². The van der Waals surface area contributed by atoms with Crippen molar-refractivity contribution in [1.82, 2.24) is 15.0 Å². The zero-order chi connectivity index (χ0) is 14.9. The number of imidazole rings is 1. The summed E-state index contributed by atoms with van der Waals surface area (Å²) in [6.45, 7) is -0.0788. The van der Waals surface area contributed by atoms with E-state index in [4.69, 9.17) is 0 Å². The van der Waals surface area contributed by atoms with E-state index in [-0.39, 0.29) is 6.61 Å². The molecule has 4 nitrogen and oxygen atoms in total. The van der Waals surface area contributed by atoms with Crippen LogP contribution in [0.15, 0.2) is 60.7 Å². The van der Waals surface area contributed by atoms with E-state index >= 15 is 0 Å². The molecule has 4 heteroatoms. The standard InChI is InChI=1S/C18H15N3O/c22-11-16-17(15-10-13-8-4-5-9-14(13)19-15)21-18(20-16)12-6-2-1-3-7-12/h1-10,19,22H,11H2,(H,20,21). The van der Waals surface area contributed by atoms with Crippen LogP contribution in [0.5, 0.6) is 0 Å². The number of fused-ring (bicyclic) bond motifs is 1. The molecule has 0 fully saturated rings. The Bertz CT molecular complexity index is 889. The van der Waals surface area contributed by atoms with Gasteiger partial charge in [-0.1, -0.05) is 48.5 Å². The fraction of sp³-hybridized carbons (Fsp3) is 0.0556. The maximum Gasteiger partial charge on any atom is 0.138 e. The molecule has 0 bridgehead atoms. The van der Waals surface area contributed by atoms with Gasteiger partial charge < -0.3 is 15.1 Å². The summed E-state index contributed by atoms with van der Waals surface area (Å²) in [4.78, 5) is 11.2. The minimum Gasteiger partial charge on any atom is -0.390 e. The molecule has 22 heavy (non-hydrogen) atoms. The van der Waals surface area contributed by atoms with Crippen molar-refractivity contribution in [2.24, 2.45) is 0 Å². The number of nitrogens with zero attached hydrogens (tertiary/aromatic N) is 1. The number of aliphatic hydroxyl groups excluding tert-OH is 1. The summed E-state index contributed by atoms with van der Waals surface area (Å²) < 4.78 is 0. The third-order valence-corrected chi connectivity index (χ3v) is 3.77. The molecule has 0 amide bonds. The summed E-state index contributed by atoms with van der Waals surface area (Å²) >= 11 is 0. The second kappa shape index (κ2) is 5.16. The highest BCUT2D eigenvalue weighted by atomic mass is 16.3. The Hall–Kier alpha value is -2.85. The zero-order valence-corrected chi connectivity index (χ0v) is 11.9. The number of H-pyrrole nitrogens is 2. The number of para-hydroxylation sites is 1. The molecule has 0 saturated heterocycles. The van der Waals surface area contributed by atoms with Crippen LogP contribution in [0.1, 0.15) is 5.69 Å². The third kappa shape index (κ3) is 2.10. The maximum atomic E-state index is 9.63. The van der Waals surface area contributed by atoms with Gasteiger partial charge in [-0.15, -0.1) is 0 Å². The minimum atomic E-state index is -0.0788. The summed E-state index contributed by atoms with van der Waals surface area (Å²) in [6.07, 6.45) is 0. The number of hydrogen-bond donors (Lipinski definition) is 3. The SMILES string of the molecule is OCc1[nH]c(-c2ccccc2)nc1-c1cc2ccccc2[nH]1. The van der Waals surface area contributed by atoms with Crippen LogP contribution in [0.25, 0.3) is 33.7 Å². The Morgan fingerprint density at radius 2 is 1.68 bits per heavy atom. The molecular formula is C18H15N3O. The molecule has 0 aliphatic rings. The van der Waals surface area contributed by atoms with Crippen molar-refractivity contribution in [3.63, 3.8) is 0 Å². The first-order valence-corrected chi connectivity index (χ1v) is 7.18. The number of nitrogens with one attached hydrogen (secondary N) is 2. The highest BCUT2D eigenvalue weighted by Crippen LogP contribution is 2.28. The molecule has 4 rings (SSSR count). The molecule has 108 valence electrons. The molecule has 0 atom stereocenters. The second-order valence-electron chi connectivity index (χ2n) is 5.21. The molecule has 3 N–H and O–H groups in total. The molecular weight excluding hydrogens is 274 g/mol. The van der Waals surface area contributed by atoms with Gasteiger partial charge in [0.2, 0.25) is 0 Å². The number of benzene rings is 2. The van der Waals surface area contributed by atoms with Crippen molar-refractivity contribution >= 4 is 10.9 Å². The van der Waals surface area contributed by atoms with Gasteiger partial charge in [-0.3, -0.25) is 0 Å². The predicted molar refractivity (Wildman–Crippen MR) is 87.2 cm³/mol. The Kier molecular flexibility index (Phi) is 3.02. The van der Waals surface area contributed by atoms with Crippen LogP contribution in [0.4, 0.5) is 0 Å². The fourth-order valence-corrected chi connectivity index (χ4v) is 2.68. The van der Waals surface area contributed by atoms with Gasteiger partial charge in [-0.2, -0.15) is 0 Å². The van der Waals surface area contributed by atoms with Crippen LogP contribution in [0.2, 0.25) is 0 Å². The number of aromatic nitrogens is 3.